The van der Waals surface area contributed by atoms with Crippen LogP contribution in [-0.4, -0.2) is 12.6 Å². The minimum absolute atomic E-state index is 0.203. The molecule has 0 saturated carbocycles. The van der Waals surface area contributed by atoms with Crippen molar-refractivity contribution in [1.29, 1.82) is 0 Å². The van der Waals surface area contributed by atoms with Gasteiger partial charge in [-0.25, -0.2) is 0 Å². The smallest absolute Gasteiger partial charge is 0.120 e. The molecule has 0 atom stereocenters. The van der Waals surface area contributed by atoms with Crippen molar-refractivity contribution in [3.8, 4) is 18.1 Å². The standard InChI is InChI=1S/C13H17NO/c1-5-8-14-13-7-6-12(9-11(13)4)15-10(2)3/h1,6-7,9-10,14H,8H2,2-4H3. The normalized spacial score (nSPS) is 9.80. The molecule has 0 saturated heterocycles. The van der Waals surface area contributed by atoms with Crippen molar-refractivity contribution in [3.05, 3.63) is 23.8 Å². The maximum absolute atomic E-state index is 5.59. The summed E-state index contributed by atoms with van der Waals surface area (Å²) in [6.07, 6.45) is 5.39. The van der Waals surface area contributed by atoms with Crippen LogP contribution < -0.4 is 10.1 Å². The minimum atomic E-state index is 0.203. The molecule has 1 rings (SSSR count). The molecule has 0 radical (unpaired) electrons. The molecule has 0 spiro atoms. The topological polar surface area (TPSA) is 21.3 Å². The lowest BCUT2D eigenvalue weighted by Crippen LogP contribution is -2.06. The molecule has 0 aliphatic rings. The third kappa shape index (κ3) is 3.55. The fourth-order valence-corrected chi connectivity index (χ4v) is 1.33. The molecule has 1 aromatic rings. The molecular formula is C13H17NO. The maximum atomic E-state index is 5.59. The van der Waals surface area contributed by atoms with Gasteiger partial charge in [-0.15, -0.1) is 6.42 Å². The Hall–Kier alpha value is -1.62. The zero-order chi connectivity index (χ0) is 11.3. The van der Waals surface area contributed by atoms with Crippen LogP contribution in [0.1, 0.15) is 19.4 Å². The number of anilines is 1. The van der Waals surface area contributed by atoms with E-state index in [1.807, 2.05) is 39.0 Å². The average molecular weight is 203 g/mol. The molecule has 2 nitrogen and oxygen atoms in total. The molecule has 0 unspecified atom stereocenters. The van der Waals surface area contributed by atoms with Gasteiger partial charge in [-0.05, 0) is 44.5 Å². The summed E-state index contributed by atoms with van der Waals surface area (Å²) in [6, 6.07) is 5.95. The van der Waals surface area contributed by atoms with Crippen LogP contribution in [0.5, 0.6) is 5.75 Å². The van der Waals surface area contributed by atoms with Gasteiger partial charge in [0.25, 0.3) is 0 Å². The maximum Gasteiger partial charge on any atom is 0.120 e. The van der Waals surface area contributed by atoms with Crippen molar-refractivity contribution in [2.45, 2.75) is 26.9 Å². The molecule has 0 bridgehead atoms. The summed E-state index contributed by atoms with van der Waals surface area (Å²) in [7, 11) is 0. The van der Waals surface area contributed by atoms with E-state index >= 15 is 0 Å². The number of terminal acetylenes is 1. The Kier molecular flexibility index (Phi) is 4.05. The summed E-state index contributed by atoms with van der Waals surface area (Å²) in [5.74, 6) is 3.44. The fourth-order valence-electron chi connectivity index (χ4n) is 1.33. The van der Waals surface area contributed by atoms with Gasteiger partial charge in [-0.1, -0.05) is 5.92 Å². The molecule has 2 heteroatoms. The molecule has 15 heavy (non-hydrogen) atoms. The minimum Gasteiger partial charge on any atom is -0.491 e. The third-order valence-corrected chi connectivity index (χ3v) is 1.95. The van der Waals surface area contributed by atoms with E-state index < -0.39 is 0 Å². The van der Waals surface area contributed by atoms with E-state index in [9.17, 15) is 0 Å². The molecule has 0 heterocycles. The first-order valence-corrected chi connectivity index (χ1v) is 5.08. The summed E-state index contributed by atoms with van der Waals surface area (Å²) in [5.41, 5.74) is 2.20. The summed E-state index contributed by atoms with van der Waals surface area (Å²) in [4.78, 5) is 0. The molecule has 0 aromatic heterocycles. The summed E-state index contributed by atoms with van der Waals surface area (Å²) >= 11 is 0. The Morgan fingerprint density at radius 1 is 1.47 bits per heavy atom. The van der Waals surface area contributed by atoms with Gasteiger partial charge in [-0.3, -0.25) is 0 Å². The van der Waals surface area contributed by atoms with Gasteiger partial charge in [0.15, 0.2) is 0 Å². The molecule has 1 N–H and O–H groups in total. The van der Waals surface area contributed by atoms with Gasteiger partial charge in [0, 0.05) is 5.69 Å². The van der Waals surface area contributed by atoms with E-state index in [1.165, 1.54) is 0 Å². The van der Waals surface area contributed by atoms with Crippen molar-refractivity contribution in [2.75, 3.05) is 11.9 Å². The number of nitrogens with one attached hydrogen (secondary N) is 1. The molecule has 0 aliphatic heterocycles. The van der Waals surface area contributed by atoms with Gasteiger partial charge in [0.2, 0.25) is 0 Å². The monoisotopic (exact) mass is 203 g/mol. The Morgan fingerprint density at radius 3 is 2.73 bits per heavy atom. The van der Waals surface area contributed by atoms with Crippen LogP contribution in [-0.2, 0) is 0 Å². The predicted molar refractivity (Wildman–Crippen MR) is 64.3 cm³/mol. The summed E-state index contributed by atoms with van der Waals surface area (Å²) in [5, 5.41) is 3.15. The number of rotatable bonds is 4. The lowest BCUT2D eigenvalue weighted by molar-refractivity contribution is 0.242. The van der Waals surface area contributed by atoms with Crippen LogP contribution in [0.25, 0.3) is 0 Å². The van der Waals surface area contributed by atoms with Crippen LogP contribution in [0, 0.1) is 19.3 Å². The van der Waals surface area contributed by atoms with E-state index in [4.69, 9.17) is 11.2 Å². The highest BCUT2D eigenvalue weighted by Gasteiger charge is 2.01. The molecule has 1 aromatic carbocycles. The van der Waals surface area contributed by atoms with Crippen molar-refractivity contribution in [1.82, 2.24) is 0 Å². The second kappa shape index (κ2) is 5.31. The number of aryl methyl sites for hydroxylation is 1. The highest BCUT2D eigenvalue weighted by atomic mass is 16.5. The van der Waals surface area contributed by atoms with Gasteiger partial charge in [0.1, 0.15) is 5.75 Å². The lowest BCUT2D eigenvalue weighted by Gasteiger charge is -2.12. The number of hydrogen-bond donors (Lipinski definition) is 1. The Morgan fingerprint density at radius 2 is 2.20 bits per heavy atom. The molecule has 0 amide bonds. The van der Waals surface area contributed by atoms with Crippen LogP contribution in [0.2, 0.25) is 0 Å². The fraction of sp³-hybridized carbons (Fsp3) is 0.385. The number of ether oxygens (including phenoxy) is 1. The van der Waals surface area contributed by atoms with Crippen LogP contribution >= 0.6 is 0 Å². The highest BCUT2D eigenvalue weighted by molar-refractivity contribution is 5.54. The first-order chi connectivity index (χ1) is 7.13. The molecule has 0 fully saturated rings. The van der Waals surface area contributed by atoms with E-state index in [1.54, 1.807) is 0 Å². The largest absolute Gasteiger partial charge is 0.491 e. The second-order valence-corrected chi connectivity index (χ2v) is 3.70. The Bertz CT molecular complexity index is 363. The number of hydrogen-bond acceptors (Lipinski definition) is 2. The Balaban J connectivity index is 2.75. The van der Waals surface area contributed by atoms with Crippen molar-refractivity contribution in [3.63, 3.8) is 0 Å². The molecule has 0 aliphatic carbocycles. The van der Waals surface area contributed by atoms with E-state index in [-0.39, 0.29) is 6.10 Å². The van der Waals surface area contributed by atoms with Gasteiger partial charge in [-0.2, -0.15) is 0 Å². The van der Waals surface area contributed by atoms with E-state index in [0.29, 0.717) is 6.54 Å². The Labute approximate surface area is 91.6 Å². The third-order valence-electron chi connectivity index (χ3n) is 1.95. The van der Waals surface area contributed by atoms with Crippen LogP contribution in [0.15, 0.2) is 18.2 Å². The molecular weight excluding hydrogens is 186 g/mol. The van der Waals surface area contributed by atoms with Crippen molar-refractivity contribution in [2.24, 2.45) is 0 Å². The lowest BCUT2D eigenvalue weighted by atomic mass is 10.2. The first kappa shape index (κ1) is 11.5. The van der Waals surface area contributed by atoms with Crippen LogP contribution in [0.4, 0.5) is 5.69 Å². The quantitative estimate of drug-likeness (QED) is 0.760. The SMILES string of the molecule is C#CCNc1ccc(OC(C)C)cc1C. The zero-order valence-corrected chi connectivity index (χ0v) is 9.50. The van der Waals surface area contributed by atoms with Gasteiger partial charge in [0.05, 0.1) is 12.6 Å². The summed E-state index contributed by atoms with van der Waals surface area (Å²) in [6.45, 7) is 6.61. The van der Waals surface area contributed by atoms with Gasteiger partial charge < -0.3 is 10.1 Å². The number of benzene rings is 1. The van der Waals surface area contributed by atoms with E-state index in [2.05, 4.69) is 11.2 Å². The van der Waals surface area contributed by atoms with Crippen LogP contribution in [0.3, 0.4) is 0 Å². The summed E-state index contributed by atoms with van der Waals surface area (Å²) < 4.78 is 5.59. The van der Waals surface area contributed by atoms with Crippen molar-refractivity contribution < 1.29 is 4.74 Å². The van der Waals surface area contributed by atoms with Crippen molar-refractivity contribution >= 4 is 5.69 Å². The highest BCUT2D eigenvalue weighted by Crippen LogP contribution is 2.21. The average Bonchev–Trinajstić information content (AvgIpc) is 2.15. The van der Waals surface area contributed by atoms with E-state index in [0.717, 1.165) is 17.0 Å². The first-order valence-electron chi connectivity index (χ1n) is 5.08. The van der Waals surface area contributed by atoms with Gasteiger partial charge >= 0.3 is 0 Å². The molecule has 80 valence electrons. The second-order valence-electron chi connectivity index (χ2n) is 3.70. The zero-order valence-electron chi connectivity index (χ0n) is 9.50. The predicted octanol–water partition coefficient (Wildman–Crippen LogP) is 2.83.